The largest absolute Gasteiger partial charge is 0.483 e. The minimum atomic E-state index is -0.286. The first kappa shape index (κ1) is 17.7. The molecule has 0 fully saturated rings. The van der Waals surface area contributed by atoms with Crippen molar-refractivity contribution in [3.05, 3.63) is 77.4 Å². The number of benzene rings is 3. The lowest BCUT2D eigenvalue weighted by molar-refractivity contribution is -0.123. The molecule has 0 spiro atoms. The molecule has 0 heterocycles. The van der Waals surface area contributed by atoms with Crippen LogP contribution in [-0.2, 0) is 4.79 Å². The van der Waals surface area contributed by atoms with Crippen LogP contribution in [0.1, 0.15) is 23.6 Å². The Balaban J connectivity index is 1.62. The topological polar surface area (TPSA) is 50.7 Å². The Hall–Kier alpha value is -3.14. The van der Waals surface area contributed by atoms with E-state index in [0.717, 1.165) is 33.5 Å². The van der Waals surface area contributed by atoms with Crippen molar-refractivity contribution in [2.24, 2.45) is 5.10 Å². The third kappa shape index (κ3) is 4.28. The monoisotopic (exact) mass is 346 g/mol. The van der Waals surface area contributed by atoms with Gasteiger partial charge in [0.1, 0.15) is 5.75 Å². The van der Waals surface area contributed by atoms with Gasteiger partial charge in [-0.05, 0) is 60.4 Å². The van der Waals surface area contributed by atoms with E-state index >= 15 is 0 Å². The van der Waals surface area contributed by atoms with Gasteiger partial charge in [-0.3, -0.25) is 4.79 Å². The van der Waals surface area contributed by atoms with Gasteiger partial charge in [-0.1, -0.05) is 48.5 Å². The molecule has 0 saturated heterocycles. The Morgan fingerprint density at radius 3 is 2.58 bits per heavy atom. The second-order valence-corrected chi connectivity index (χ2v) is 6.35. The summed E-state index contributed by atoms with van der Waals surface area (Å²) in [5, 5.41) is 6.51. The summed E-state index contributed by atoms with van der Waals surface area (Å²) < 4.78 is 5.59. The predicted octanol–water partition coefficient (Wildman–Crippen LogP) is 4.38. The van der Waals surface area contributed by atoms with Crippen molar-refractivity contribution in [2.45, 2.75) is 20.8 Å². The first-order chi connectivity index (χ1) is 12.5. The minimum Gasteiger partial charge on any atom is -0.483 e. The van der Waals surface area contributed by atoms with Crippen molar-refractivity contribution in [1.29, 1.82) is 0 Å². The fraction of sp³-hybridized carbons (Fsp3) is 0.182. The number of ether oxygens (including phenoxy) is 1. The number of carbonyl (C=O) groups excluding carboxylic acids is 1. The number of carbonyl (C=O) groups is 1. The molecule has 0 aliphatic heterocycles. The zero-order chi connectivity index (χ0) is 18.5. The average Bonchev–Trinajstić information content (AvgIpc) is 2.66. The molecule has 0 atom stereocenters. The van der Waals surface area contributed by atoms with E-state index in [-0.39, 0.29) is 12.5 Å². The molecule has 132 valence electrons. The third-order valence-corrected chi connectivity index (χ3v) is 4.22. The molecular weight excluding hydrogens is 324 g/mol. The van der Waals surface area contributed by atoms with Gasteiger partial charge in [-0.2, -0.15) is 5.10 Å². The van der Waals surface area contributed by atoms with E-state index in [2.05, 4.69) is 34.8 Å². The van der Waals surface area contributed by atoms with Crippen LogP contribution in [0.25, 0.3) is 10.8 Å². The van der Waals surface area contributed by atoms with E-state index in [9.17, 15) is 4.79 Å². The summed E-state index contributed by atoms with van der Waals surface area (Å²) in [6, 6.07) is 20.2. The summed E-state index contributed by atoms with van der Waals surface area (Å²) in [5.41, 5.74) is 6.37. The highest BCUT2D eigenvalue weighted by atomic mass is 16.5. The van der Waals surface area contributed by atoms with Gasteiger partial charge in [0.05, 0.1) is 5.71 Å². The number of aryl methyl sites for hydroxylation is 2. The molecule has 1 amide bonds. The fourth-order valence-corrected chi connectivity index (χ4v) is 2.66. The van der Waals surface area contributed by atoms with Crippen LogP contribution in [0, 0.1) is 13.8 Å². The van der Waals surface area contributed by atoms with Crippen molar-refractivity contribution in [2.75, 3.05) is 6.61 Å². The summed E-state index contributed by atoms with van der Waals surface area (Å²) >= 11 is 0. The number of hydrogen-bond donors (Lipinski definition) is 1. The summed E-state index contributed by atoms with van der Waals surface area (Å²) in [7, 11) is 0. The second kappa shape index (κ2) is 7.83. The lowest BCUT2D eigenvalue weighted by Crippen LogP contribution is -2.25. The minimum absolute atomic E-state index is 0.0706. The highest BCUT2D eigenvalue weighted by Gasteiger charge is 2.06. The number of rotatable bonds is 5. The first-order valence-electron chi connectivity index (χ1n) is 8.55. The maximum atomic E-state index is 12.0. The number of amides is 1. The van der Waals surface area contributed by atoms with Gasteiger partial charge in [-0.15, -0.1) is 0 Å². The Bertz CT molecular complexity index is 977. The number of nitrogens with one attached hydrogen (secondary N) is 1. The third-order valence-electron chi connectivity index (χ3n) is 4.22. The van der Waals surface area contributed by atoms with Crippen LogP contribution in [0.5, 0.6) is 5.75 Å². The molecule has 4 heteroatoms. The van der Waals surface area contributed by atoms with Crippen LogP contribution in [0.3, 0.4) is 0 Å². The lowest BCUT2D eigenvalue weighted by Gasteiger charge is -2.09. The zero-order valence-corrected chi connectivity index (χ0v) is 15.2. The number of nitrogens with zero attached hydrogens (tertiary/aromatic N) is 1. The van der Waals surface area contributed by atoms with Gasteiger partial charge in [0, 0.05) is 0 Å². The van der Waals surface area contributed by atoms with Gasteiger partial charge >= 0.3 is 0 Å². The Labute approximate surface area is 153 Å². The number of hydrogen-bond acceptors (Lipinski definition) is 3. The van der Waals surface area contributed by atoms with Gasteiger partial charge in [-0.25, -0.2) is 5.43 Å². The van der Waals surface area contributed by atoms with E-state index in [4.69, 9.17) is 4.74 Å². The van der Waals surface area contributed by atoms with Crippen molar-refractivity contribution >= 4 is 22.4 Å². The highest BCUT2D eigenvalue weighted by Crippen LogP contribution is 2.19. The maximum absolute atomic E-state index is 12.0. The van der Waals surface area contributed by atoms with E-state index in [1.807, 2.05) is 57.2 Å². The SMILES string of the molecule is C/C(=N\NC(=O)COc1cc(C)ccc1C)c1ccc2ccccc2c1. The molecule has 0 aliphatic rings. The number of fused-ring (bicyclic) bond motifs is 1. The van der Waals surface area contributed by atoms with Crippen LogP contribution >= 0.6 is 0 Å². The maximum Gasteiger partial charge on any atom is 0.277 e. The molecule has 0 unspecified atom stereocenters. The molecule has 3 aromatic rings. The molecule has 3 rings (SSSR count). The fourth-order valence-electron chi connectivity index (χ4n) is 2.66. The molecule has 0 saturated carbocycles. The Morgan fingerprint density at radius 1 is 1.00 bits per heavy atom. The van der Waals surface area contributed by atoms with Crippen molar-refractivity contribution in [3.63, 3.8) is 0 Å². The van der Waals surface area contributed by atoms with Crippen molar-refractivity contribution in [1.82, 2.24) is 5.43 Å². The van der Waals surface area contributed by atoms with Crippen molar-refractivity contribution < 1.29 is 9.53 Å². The Kier molecular flexibility index (Phi) is 5.32. The van der Waals surface area contributed by atoms with Crippen LogP contribution in [-0.4, -0.2) is 18.2 Å². The van der Waals surface area contributed by atoms with Gasteiger partial charge in [0.25, 0.3) is 5.91 Å². The van der Waals surface area contributed by atoms with Crippen LogP contribution in [0.2, 0.25) is 0 Å². The van der Waals surface area contributed by atoms with Crippen LogP contribution < -0.4 is 10.2 Å². The predicted molar refractivity (Wildman–Crippen MR) is 106 cm³/mol. The molecule has 1 N–H and O–H groups in total. The first-order valence-corrected chi connectivity index (χ1v) is 8.55. The molecule has 4 nitrogen and oxygen atoms in total. The summed E-state index contributed by atoms with van der Waals surface area (Å²) in [6.45, 7) is 5.74. The van der Waals surface area contributed by atoms with E-state index in [1.165, 1.54) is 5.39 Å². The molecule has 0 bridgehead atoms. The van der Waals surface area contributed by atoms with Gasteiger partial charge < -0.3 is 4.74 Å². The van der Waals surface area contributed by atoms with E-state index in [0.29, 0.717) is 0 Å². The lowest BCUT2D eigenvalue weighted by atomic mass is 10.0. The second-order valence-electron chi connectivity index (χ2n) is 6.35. The molecule has 0 aromatic heterocycles. The zero-order valence-electron chi connectivity index (χ0n) is 15.2. The molecule has 26 heavy (non-hydrogen) atoms. The summed E-state index contributed by atoms with van der Waals surface area (Å²) in [5.74, 6) is 0.432. The molecule has 0 radical (unpaired) electrons. The van der Waals surface area contributed by atoms with E-state index < -0.39 is 0 Å². The van der Waals surface area contributed by atoms with Gasteiger partial charge in [0.2, 0.25) is 0 Å². The van der Waals surface area contributed by atoms with Crippen molar-refractivity contribution in [3.8, 4) is 5.75 Å². The molecule has 0 aliphatic carbocycles. The molecular formula is C22H22N2O2. The summed E-state index contributed by atoms with van der Waals surface area (Å²) in [6.07, 6.45) is 0. The summed E-state index contributed by atoms with van der Waals surface area (Å²) in [4.78, 5) is 12.0. The van der Waals surface area contributed by atoms with Crippen LogP contribution in [0.15, 0.2) is 65.8 Å². The quantitative estimate of drug-likeness (QED) is 0.551. The highest BCUT2D eigenvalue weighted by molar-refractivity contribution is 6.02. The number of hydrazone groups is 1. The normalized spacial score (nSPS) is 11.4. The molecule has 3 aromatic carbocycles. The standard InChI is InChI=1S/C22H22N2O2/c1-15-8-9-16(2)21(12-15)26-14-22(25)24-23-17(3)19-11-10-18-6-4-5-7-20(18)13-19/h4-13H,14H2,1-3H3,(H,24,25)/b23-17+. The smallest absolute Gasteiger partial charge is 0.277 e. The van der Waals surface area contributed by atoms with E-state index in [1.54, 1.807) is 0 Å². The Morgan fingerprint density at radius 2 is 1.77 bits per heavy atom. The van der Waals surface area contributed by atoms with Gasteiger partial charge in [0.15, 0.2) is 6.61 Å². The van der Waals surface area contributed by atoms with Crippen LogP contribution in [0.4, 0.5) is 0 Å². The average molecular weight is 346 g/mol.